The van der Waals surface area contributed by atoms with Crippen molar-refractivity contribution in [3.05, 3.63) is 42.4 Å². The number of aryl methyl sites for hydroxylation is 1. The Morgan fingerprint density at radius 3 is 2.60 bits per heavy atom. The molecule has 0 amide bonds. The van der Waals surface area contributed by atoms with Crippen LogP contribution < -0.4 is 10.2 Å². The van der Waals surface area contributed by atoms with Crippen LogP contribution in [0.2, 0.25) is 0 Å². The molecule has 1 fully saturated rings. The molecular weight excluding hydrogens is 312 g/mol. The van der Waals surface area contributed by atoms with Gasteiger partial charge in [-0.3, -0.25) is 4.98 Å². The maximum absolute atomic E-state index is 4.82. The van der Waals surface area contributed by atoms with Crippen LogP contribution in [0.25, 0.3) is 16.9 Å². The standard InChI is InChI=1S/C17H20N6.C2H6/c1-12-11-22(10-9-19-12)16-4-3-15-20-17(13(2)23(15)21-16)14-5-7-18-8-6-14;1-2/h3-8,12,19H,9-11H2,1-2H3;1-2H3. The molecule has 1 unspecified atom stereocenters. The van der Waals surface area contributed by atoms with Crippen LogP contribution in [0.1, 0.15) is 26.5 Å². The number of anilines is 1. The predicted molar refractivity (Wildman–Crippen MR) is 102 cm³/mol. The maximum Gasteiger partial charge on any atom is 0.154 e. The Hall–Kier alpha value is -2.47. The minimum Gasteiger partial charge on any atom is -0.352 e. The summed E-state index contributed by atoms with van der Waals surface area (Å²) >= 11 is 0. The van der Waals surface area contributed by atoms with Gasteiger partial charge in [0, 0.05) is 43.6 Å². The van der Waals surface area contributed by atoms with Crippen LogP contribution in [0.3, 0.4) is 0 Å². The van der Waals surface area contributed by atoms with E-state index in [1.54, 1.807) is 12.4 Å². The first-order valence-electron chi connectivity index (χ1n) is 8.97. The summed E-state index contributed by atoms with van der Waals surface area (Å²) in [7, 11) is 0. The summed E-state index contributed by atoms with van der Waals surface area (Å²) in [5, 5.41) is 8.28. The zero-order valence-electron chi connectivity index (χ0n) is 15.4. The van der Waals surface area contributed by atoms with Crippen molar-refractivity contribution in [3.63, 3.8) is 0 Å². The molecule has 25 heavy (non-hydrogen) atoms. The first-order valence-corrected chi connectivity index (χ1v) is 8.97. The van der Waals surface area contributed by atoms with E-state index in [-0.39, 0.29) is 0 Å². The highest BCUT2D eigenvalue weighted by Crippen LogP contribution is 2.24. The van der Waals surface area contributed by atoms with Crippen LogP contribution in [-0.2, 0) is 0 Å². The van der Waals surface area contributed by atoms with Crippen LogP contribution in [0, 0.1) is 6.92 Å². The third-order valence-corrected chi connectivity index (χ3v) is 4.33. The summed E-state index contributed by atoms with van der Waals surface area (Å²) in [4.78, 5) is 11.1. The Bertz CT molecular complexity index is 827. The van der Waals surface area contributed by atoms with E-state index in [4.69, 9.17) is 10.1 Å². The lowest BCUT2D eigenvalue weighted by Crippen LogP contribution is -2.49. The summed E-state index contributed by atoms with van der Waals surface area (Å²) in [6, 6.07) is 8.56. The second kappa shape index (κ2) is 7.61. The van der Waals surface area contributed by atoms with Crippen molar-refractivity contribution < 1.29 is 0 Å². The number of rotatable bonds is 2. The Morgan fingerprint density at radius 1 is 1.12 bits per heavy atom. The van der Waals surface area contributed by atoms with Gasteiger partial charge in [-0.15, -0.1) is 5.10 Å². The van der Waals surface area contributed by atoms with Gasteiger partial charge in [-0.1, -0.05) is 13.8 Å². The fraction of sp³-hybridized carbons (Fsp3) is 0.421. The minimum atomic E-state index is 0.484. The van der Waals surface area contributed by atoms with Gasteiger partial charge < -0.3 is 10.2 Å². The Kier molecular flexibility index (Phi) is 5.28. The molecule has 4 heterocycles. The largest absolute Gasteiger partial charge is 0.352 e. The van der Waals surface area contributed by atoms with Crippen molar-refractivity contribution in [2.75, 3.05) is 24.5 Å². The second-order valence-electron chi connectivity index (χ2n) is 6.04. The van der Waals surface area contributed by atoms with Gasteiger partial charge in [-0.2, -0.15) is 0 Å². The number of aromatic nitrogens is 4. The number of imidazole rings is 1. The number of nitrogens with one attached hydrogen (secondary N) is 1. The number of piperazine rings is 1. The van der Waals surface area contributed by atoms with E-state index in [0.717, 1.165) is 48.1 Å². The molecule has 1 aliphatic rings. The Balaban J connectivity index is 0.000000880. The van der Waals surface area contributed by atoms with Gasteiger partial charge in [0.2, 0.25) is 0 Å². The van der Waals surface area contributed by atoms with Crippen molar-refractivity contribution in [3.8, 4) is 11.3 Å². The molecular formula is C19H26N6. The third kappa shape index (κ3) is 3.49. The number of hydrogen-bond donors (Lipinski definition) is 1. The first-order chi connectivity index (χ1) is 12.2. The summed E-state index contributed by atoms with van der Waals surface area (Å²) in [6.07, 6.45) is 3.58. The van der Waals surface area contributed by atoms with Crippen molar-refractivity contribution in [2.45, 2.75) is 33.7 Å². The molecule has 0 radical (unpaired) electrons. The van der Waals surface area contributed by atoms with Gasteiger partial charge in [0.25, 0.3) is 0 Å². The molecule has 3 aromatic heterocycles. The minimum absolute atomic E-state index is 0.484. The molecule has 6 heteroatoms. The monoisotopic (exact) mass is 338 g/mol. The molecule has 6 nitrogen and oxygen atoms in total. The van der Waals surface area contributed by atoms with Gasteiger partial charge in [0.05, 0.1) is 11.4 Å². The van der Waals surface area contributed by atoms with Crippen LogP contribution in [-0.4, -0.2) is 45.3 Å². The summed E-state index contributed by atoms with van der Waals surface area (Å²) in [5.41, 5.74) is 3.96. The highest BCUT2D eigenvalue weighted by Gasteiger charge is 2.18. The smallest absolute Gasteiger partial charge is 0.154 e. The third-order valence-electron chi connectivity index (χ3n) is 4.33. The summed E-state index contributed by atoms with van der Waals surface area (Å²) in [5.74, 6) is 1.01. The van der Waals surface area contributed by atoms with E-state index in [2.05, 4.69) is 35.1 Å². The van der Waals surface area contributed by atoms with Gasteiger partial charge in [-0.25, -0.2) is 9.50 Å². The molecule has 1 aliphatic heterocycles. The van der Waals surface area contributed by atoms with Gasteiger partial charge >= 0.3 is 0 Å². The molecule has 0 saturated carbocycles. The average Bonchev–Trinajstić information content (AvgIpc) is 3.00. The lowest BCUT2D eigenvalue weighted by Gasteiger charge is -2.32. The van der Waals surface area contributed by atoms with Crippen molar-refractivity contribution in [2.24, 2.45) is 0 Å². The van der Waals surface area contributed by atoms with E-state index in [1.165, 1.54) is 0 Å². The van der Waals surface area contributed by atoms with Crippen LogP contribution in [0.15, 0.2) is 36.7 Å². The molecule has 3 aromatic rings. The van der Waals surface area contributed by atoms with E-state index >= 15 is 0 Å². The lowest BCUT2D eigenvalue weighted by atomic mass is 10.2. The zero-order valence-corrected chi connectivity index (χ0v) is 15.4. The molecule has 0 bridgehead atoms. The van der Waals surface area contributed by atoms with E-state index in [1.807, 2.05) is 36.6 Å². The van der Waals surface area contributed by atoms with E-state index in [9.17, 15) is 0 Å². The van der Waals surface area contributed by atoms with Crippen LogP contribution in [0.4, 0.5) is 5.82 Å². The molecule has 4 rings (SSSR count). The fourth-order valence-electron chi connectivity index (χ4n) is 3.13. The van der Waals surface area contributed by atoms with E-state index in [0.29, 0.717) is 6.04 Å². The fourth-order valence-corrected chi connectivity index (χ4v) is 3.13. The Morgan fingerprint density at radius 2 is 1.88 bits per heavy atom. The molecule has 1 atom stereocenters. The van der Waals surface area contributed by atoms with Crippen molar-refractivity contribution in [1.29, 1.82) is 0 Å². The predicted octanol–water partition coefficient (Wildman–Crippen LogP) is 2.92. The van der Waals surface area contributed by atoms with Gasteiger partial charge in [-0.05, 0) is 38.1 Å². The number of fused-ring (bicyclic) bond motifs is 1. The molecule has 1 N–H and O–H groups in total. The van der Waals surface area contributed by atoms with Crippen LogP contribution >= 0.6 is 0 Å². The Labute approximate surface area is 148 Å². The molecule has 0 aliphatic carbocycles. The lowest BCUT2D eigenvalue weighted by molar-refractivity contribution is 0.481. The second-order valence-corrected chi connectivity index (χ2v) is 6.04. The molecule has 0 spiro atoms. The zero-order chi connectivity index (χ0) is 17.8. The normalized spacial score (nSPS) is 17.3. The highest BCUT2D eigenvalue weighted by atomic mass is 15.3. The van der Waals surface area contributed by atoms with Crippen molar-refractivity contribution >= 4 is 11.5 Å². The maximum atomic E-state index is 4.82. The molecule has 132 valence electrons. The molecule has 1 saturated heterocycles. The highest BCUT2D eigenvalue weighted by molar-refractivity contribution is 5.66. The first kappa shape index (κ1) is 17.4. The quantitative estimate of drug-likeness (QED) is 0.778. The summed E-state index contributed by atoms with van der Waals surface area (Å²) in [6.45, 7) is 11.2. The van der Waals surface area contributed by atoms with Gasteiger partial charge in [0.1, 0.15) is 5.82 Å². The van der Waals surface area contributed by atoms with Crippen LogP contribution in [0.5, 0.6) is 0 Å². The number of hydrogen-bond acceptors (Lipinski definition) is 5. The van der Waals surface area contributed by atoms with Gasteiger partial charge in [0.15, 0.2) is 5.65 Å². The molecule has 0 aromatic carbocycles. The number of pyridine rings is 1. The average molecular weight is 338 g/mol. The topological polar surface area (TPSA) is 58.4 Å². The van der Waals surface area contributed by atoms with E-state index < -0.39 is 0 Å². The van der Waals surface area contributed by atoms with Crippen molar-refractivity contribution in [1.82, 2.24) is 24.9 Å². The number of nitrogens with zero attached hydrogens (tertiary/aromatic N) is 5. The SMILES string of the molecule is CC.Cc1c(-c2ccncc2)nc2ccc(N3CCNC(C)C3)nn12. The summed E-state index contributed by atoms with van der Waals surface area (Å²) < 4.78 is 1.94.